The van der Waals surface area contributed by atoms with Gasteiger partial charge in [0.15, 0.2) is 0 Å². The van der Waals surface area contributed by atoms with Crippen LogP contribution in [0.1, 0.15) is 25.4 Å². The lowest BCUT2D eigenvalue weighted by molar-refractivity contribution is -0.152. The maximum atomic E-state index is 12.9. The lowest BCUT2D eigenvalue weighted by atomic mass is 10.0. The van der Waals surface area contributed by atoms with Gasteiger partial charge in [0.2, 0.25) is 5.76 Å². The molecule has 5 nitrogen and oxygen atoms in total. The molecular weight excluding hydrogens is 277 g/mol. The van der Waals surface area contributed by atoms with Crippen molar-refractivity contribution in [3.63, 3.8) is 0 Å². The van der Waals surface area contributed by atoms with Crippen LogP contribution >= 0.6 is 0 Å². The molecule has 1 aliphatic heterocycles. The van der Waals surface area contributed by atoms with Crippen LogP contribution in [0.3, 0.4) is 0 Å². The Morgan fingerprint density at radius 2 is 1.95 bits per heavy atom. The molecule has 1 fully saturated rings. The minimum atomic E-state index is -4.78. The van der Waals surface area contributed by atoms with E-state index in [1.807, 2.05) is 0 Å². The van der Waals surface area contributed by atoms with E-state index in [0.717, 1.165) is 6.07 Å². The normalized spacial score (nSPS) is 19.9. The SMILES string of the molecule is Cc1cc(N2C(=O)NC(C(C)C)C2=O)c(C(F)(F)F)o1. The highest BCUT2D eigenvalue weighted by Gasteiger charge is 2.47. The van der Waals surface area contributed by atoms with Crippen LogP contribution in [0.4, 0.5) is 23.7 Å². The summed E-state index contributed by atoms with van der Waals surface area (Å²) in [5.41, 5.74) is -0.569. The molecule has 0 bridgehead atoms. The Kier molecular flexibility index (Phi) is 3.27. The van der Waals surface area contributed by atoms with E-state index in [9.17, 15) is 22.8 Å². The molecule has 0 spiro atoms. The number of halogens is 3. The van der Waals surface area contributed by atoms with Gasteiger partial charge in [-0.25, -0.2) is 9.69 Å². The van der Waals surface area contributed by atoms with Crippen molar-refractivity contribution >= 4 is 17.6 Å². The molecule has 0 saturated carbocycles. The maximum absolute atomic E-state index is 12.9. The minimum Gasteiger partial charge on any atom is -0.455 e. The van der Waals surface area contributed by atoms with Crippen LogP contribution in [0.5, 0.6) is 0 Å². The van der Waals surface area contributed by atoms with Gasteiger partial charge in [-0.05, 0) is 12.8 Å². The summed E-state index contributed by atoms with van der Waals surface area (Å²) in [6.45, 7) is 4.70. The number of aryl methyl sites for hydroxylation is 1. The fourth-order valence-electron chi connectivity index (χ4n) is 2.05. The van der Waals surface area contributed by atoms with E-state index < -0.39 is 35.6 Å². The van der Waals surface area contributed by atoms with Gasteiger partial charge in [0, 0.05) is 6.07 Å². The van der Waals surface area contributed by atoms with Gasteiger partial charge in [0.05, 0.1) is 0 Å². The van der Waals surface area contributed by atoms with E-state index in [1.54, 1.807) is 13.8 Å². The zero-order chi connectivity index (χ0) is 15.2. The van der Waals surface area contributed by atoms with Crippen molar-refractivity contribution in [2.45, 2.75) is 33.0 Å². The molecule has 2 heterocycles. The second-order valence-electron chi connectivity index (χ2n) is 4.91. The van der Waals surface area contributed by atoms with Gasteiger partial charge < -0.3 is 9.73 Å². The van der Waals surface area contributed by atoms with Crippen molar-refractivity contribution in [3.8, 4) is 0 Å². The zero-order valence-corrected chi connectivity index (χ0v) is 11.0. The number of hydrogen-bond donors (Lipinski definition) is 1. The number of carbonyl (C=O) groups excluding carboxylic acids is 2. The first-order chi connectivity index (χ1) is 9.12. The second-order valence-corrected chi connectivity index (χ2v) is 4.91. The fourth-order valence-corrected chi connectivity index (χ4v) is 2.05. The molecule has 0 radical (unpaired) electrons. The topological polar surface area (TPSA) is 62.6 Å². The summed E-state index contributed by atoms with van der Waals surface area (Å²) in [4.78, 5) is 24.3. The van der Waals surface area contributed by atoms with Gasteiger partial charge in [-0.2, -0.15) is 13.2 Å². The predicted molar refractivity (Wildman–Crippen MR) is 63.1 cm³/mol. The average molecular weight is 290 g/mol. The molecule has 1 atom stereocenters. The van der Waals surface area contributed by atoms with Crippen molar-refractivity contribution in [1.82, 2.24) is 5.32 Å². The predicted octanol–water partition coefficient (Wildman–Crippen LogP) is 2.69. The molecule has 8 heteroatoms. The summed E-state index contributed by atoms with van der Waals surface area (Å²) in [6.07, 6.45) is -4.78. The Morgan fingerprint density at radius 3 is 2.40 bits per heavy atom. The van der Waals surface area contributed by atoms with Crippen LogP contribution in [0.15, 0.2) is 10.5 Å². The van der Waals surface area contributed by atoms with E-state index in [-0.39, 0.29) is 11.7 Å². The minimum absolute atomic E-state index is 0.0269. The first kappa shape index (κ1) is 14.4. The molecule has 1 saturated heterocycles. The quantitative estimate of drug-likeness (QED) is 0.852. The van der Waals surface area contributed by atoms with Crippen molar-refractivity contribution < 1.29 is 27.2 Å². The van der Waals surface area contributed by atoms with Crippen molar-refractivity contribution in [2.24, 2.45) is 5.92 Å². The van der Waals surface area contributed by atoms with Crippen LogP contribution in [-0.4, -0.2) is 18.0 Å². The molecular formula is C12H13F3N2O3. The number of imide groups is 1. The van der Waals surface area contributed by atoms with E-state index in [4.69, 9.17) is 0 Å². The lowest BCUT2D eigenvalue weighted by Crippen LogP contribution is -2.35. The Hall–Kier alpha value is -1.99. The smallest absolute Gasteiger partial charge is 0.451 e. The van der Waals surface area contributed by atoms with Gasteiger partial charge in [0.1, 0.15) is 17.5 Å². The summed E-state index contributed by atoms with van der Waals surface area (Å²) in [5.74, 6) is -2.31. The molecule has 3 amide bonds. The molecule has 1 unspecified atom stereocenters. The fraction of sp³-hybridized carbons (Fsp3) is 0.500. The highest BCUT2D eigenvalue weighted by atomic mass is 19.4. The first-order valence-electron chi connectivity index (χ1n) is 5.95. The first-order valence-corrected chi connectivity index (χ1v) is 5.95. The maximum Gasteiger partial charge on any atom is 0.451 e. The monoisotopic (exact) mass is 290 g/mol. The third-order valence-electron chi connectivity index (χ3n) is 2.97. The molecule has 1 aromatic rings. The number of amides is 3. The summed E-state index contributed by atoms with van der Waals surface area (Å²) in [6, 6.07) is -0.679. The van der Waals surface area contributed by atoms with Crippen LogP contribution in [0.2, 0.25) is 0 Å². The third kappa shape index (κ3) is 2.25. The lowest BCUT2D eigenvalue weighted by Gasteiger charge is -2.15. The largest absolute Gasteiger partial charge is 0.455 e. The van der Waals surface area contributed by atoms with Gasteiger partial charge >= 0.3 is 12.2 Å². The van der Waals surface area contributed by atoms with Gasteiger partial charge in [-0.15, -0.1) is 0 Å². The number of rotatable bonds is 2. The number of alkyl halides is 3. The van der Waals surface area contributed by atoms with Gasteiger partial charge in [0.25, 0.3) is 5.91 Å². The molecule has 1 aliphatic rings. The molecule has 1 aromatic heterocycles. The number of furan rings is 1. The van der Waals surface area contributed by atoms with Gasteiger partial charge in [-0.3, -0.25) is 4.79 Å². The number of nitrogens with zero attached hydrogens (tertiary/aromatic N) is 1. The van der Waals surface area contributed by atoms with E-state index in [1.165, 1.54) is 6.92 Å². The van der Waals surface area contributed by atoms with Crippen LogP contribution in [0.25, 0.3) is 0 Å². The Morgan fingerprint density at radius 1 is 1.35 bits per heavy atom. The molecule has 2 rings (SSSR count). The number of nitrogens with one attached hydrogen (secondary N) is 1. The molecule has 0 aliphatic carbocycles. The Labute approximate surface area is 112 Å². The standard InChI is InChI=1S/C12H13F3N2O3/c1-5(2)8-10(18)17(11(19)16-8)7-4-6(3)20-9(7)12(13,14)15/h4-5,8H,1-3H3,(H,16,19). The number of carbonyl (C=O) groups is 2. The zero-order valence-electron chi connectivity index (χ0n) is 11.0. The Bertz CT molecular complexity index is 563. The highest BCUT2D eigenvalue weighted by Crippen LogP contribution is 2.40. The summed E-state index contributed by atoms with van der Waals surface area (Å²) in [7, 11) is 0. The van der Waals surface area contributed by atoms with Crippen LogP contribution in [-0.2, 0) is 11.0 Å². The van der Waals surface area contributed by atoms with Crippen molar-refractivity contribution in [2.75, 3.05) is 4.90 Å². The number of anilines is 1. The Balaban J connectivity index is 2.47. The van der Waals surface area contributed by atoms with E-state index in [0.29, 0.717) is 4.90 Å². The summed E-state index contributed by atoms with van der Waals surface area (Å²) in [5, 5.41) is 2.37. The van der Waals surface area contributed by atoms with Crippen LogP contribution < -0.4 is 10.2 Å². The van der Waals surface area contributed by atoms with E-state index in [2.05, 4.69) is 9.73 Å². The molecule has 1 N–H and O–H groups in total. The third-order valence-corrected chi connectivity index (χ3v) is 2.97. The average Bonchev–Trinajstić information content (AvgIpc) is 2.79. The molecule has 20 heavy (non-hydrogen) atoms. The van der Waals surface area contributed by atoms with Crippen molar-refractivity contribution in [1.29, 1.82) is 0 Å². The van der Waals surface area contributed by atoms with E-state index >= 15 is 0 Å². The number of urea groups is 1. The summed E-state index contributed by atoms with van der Waals surface area (Å²) >= 11 is 0. The summed E-state index contributed by atoms with van der Waals surface area (Å²) < 4.78 is 43.2. The van der Waals surface area contributed by atoms with Gasteiger partial charge in [-0.1, -0.05) is 13.8 Å². The molecule has 0 aromatic carbocycles. The number of hydrogen-bond acceptors (Lipinski definition) is 3. The second kappa shape index (κ2) is 4.53. The highest BCUT2D eigenvalue weighted by molar-refractivity contribution is 6.21. The van der Waals surface area contributed by atoms with Crippen LogP contribution in [0, 0.1) is 12.8 Å². The van der Waals surface area contributed by atoms with Crippen molar-refractivity contribution in [3.05, 3.63) is 17.6 Å². The molecule has 110 valence electrons.